The van der Waals surface area contributed by atoms with Crippen LogP contribution in [0.15, 0.2) is 18.3 Å². The first-order valence-electron chi connectivity index (χ1n) is 7.24. The lowest BCUT2D eigenvalue weighted by Crippen LogP contribution is -2.32. The predicted molar refractivity (Wildman–Crippen MR) is 87.3 cm³/mol. The van der Waals surface area contributed by atoms with E-state index in [1.807, 2.05) is 4.68 Å². The standard InChI is InChI=1S/C16H23ClN4/c1-5-6-21-16(13(17)9-19-21)15(20-18)14-11(3)7-10(2)8-12(14)4/h7-9,15,20H,5-6,18H2,1-4H3. The molecule has 0 saturated carbocycles. The Hall–Kier alpha value is -1.36. The summed E-state index contributed by atoms with van der Waals surface area (Å²) in [6.45, 7) is 9.25. The number of nitrogens with two attached hydrogens (primary N) is 1. The Bertz CT molecular complexity index is 610. The molecule has 2 rings (SSSR count). The van der Waals surface area contributed by atoms with E-state index in [2.05, 4.69) is 50.4 Å². The van der Waals surface area contributed by atoms with Crippen molar-refractivity contribution in [3.05, 3.63) is 51.3 Å². The van der Waals surface area contributed by atoms with Gasteiger partial charge in [-0.15, -0.1) is 0 Å². The molecule has 114 valence electrons. The number of nitrogens with one attached hydrogen (secondary N) is 1. The summed E-state index contributed by atoms with van der Waals surface area (Å²) in [6.07, 6.45) is 2.68. The monoisotopic (exact) mass is 306 g/mol. The molecule has 1 aromatic heterocycles. The number of benzene rings is 1. The van der Waals surface area contributed by atoms with Gasteiger partial charge in [-0.05, 0) is 43.9 Å². The van der Waals surface area contributed by atoms with Gasteiger partial charge in [0.05, 0.1) is 23.0 Å². The van der Waals surface area contributed by atoms with Crippen LogP contribution in [0.25, 0.3) is 0 Å². The largest absolute Gasteiger partial charge is 0.271 e. The van der Waals surface area contributed by atoms with Gasteiger partial charge in [0.25, 0.3) is 0 Å². The van der Waals surface area contributed by atoms with Crippen molar-refractivity contribution in [2.45, 2.75) is 46.7 Å². The number of aryl methyl sites for hydroxylation is 4. The van der Waals surface area contributed by atoms with Gasteiger partial charge >= 0.3 is 0 Å². The van der Waals surface area contributed by atoms with E-state index < -0.39 is 0 Å². The molecular formula is C16H23ClN4. The number of hydrogen-bond donors (Lipinski definition) is 2. The van der Waals surface area contributed by atoms with E-state index in [1.54, 1.807) is 6.20 Å². The predicted octanol–water partition coefficient (Wildman–Crippen LogP) is 3.42. The van der Waals surface area contributed by atoms with Crippen molar-refractivity contribution in [2.24, 2.45) is 5.84 Å². The normalized spacial score (nSPS) is 12.7. The molecule has 2 aromatic rings. The fraction of sp³-hybridized carbons (Fsp3) is 0.438. The molecular weight excluding hydrogens is 284 g/mol. The zero-order valence-corrected chi connectivity index (χ0v) is 13.8. The fourth-order valence-electron chi connectivity index (χ4n) is 2.99. The molecule has 21 heavy (non-hydrogen) atoms. The minimum absolute atomic E-state index is 0.160. The van der Waals surface area contributed by atoms with Crippen LogP contribution in [0.3, 0.4) is 0 Å². The third-order valence-electron chi connectivity index (χ3n) is 3.74. The van der Waals surface area contributed by atoms with Crippen LogP contribution in [0, 0.1) is 20.8 Å². The smallest absolute Gasteiger partial charge is 0.0898 e. The zero-order valence-electron chi connectivity index (χ0n) is 13.1. The number of hydrazine groups is 1. The molecule has 0 bridgehead atoms. The summed E-state index contributed by atoms with van der Waals surface area (Å²) in [7, 11) is 0. The number of nitrogens with zero attached hydrogens (tertiary/aromatic N) is 2. The van der Waals surface area contributed by atoms with Crippen LogP contribution in [0.2, 0.25) is 5.02 Å². The SMILES string of the molecule is CCCn1ncc(Cl)c1C(NN)c1c(C)cc(C)cc1C. The highest BCUT2D eigenvalue weighted by Crippen LogP contribution is 2.32. The lowest BCUT2D eigenvalue weighted by molar-refractivity contribution is 0.519. The first kappa shape index (κ1) is 16.0. The second-order valence-electron chi connectivity index (χ2n) is 5.51. The van der Waals surface area contributed by atoms with E-state index >= 15 is 0 Å². The second kappa shape index (κ2) is 6.60. The van der Waals surface area contributed by atoms with Gasteiger partial charge in [0.2, 0.25) is 0 Å². The van der Waals surface area contributed by atoms with Crippen LogP contribution in [-0.4, -0.2) is 9.78 Å². The Balaban J connectivity index is 2.58. The molecule has 0 amide bonds. The lowest BCUT2D eigenvalue weighted by atomic mass is 9.92. The average Bonchev–Trinajstić information content (AvgIpc) is 2.75. The fourth-order valence-corrected chi connectivity index (χ4v) is 3.24. The van der Waals surface area contributed by atoms with E-state index in [4.69, 9.17) is 17.4 Å². The summed E-state index contributed by atoms with van der Waals surface area (Å²) in [5.74, 6) is 5.86. The molecule has 1 unspecified atom stereocenters. The average molecular weight is 307 g/mol. The van der Waals surface area contributed by atoms with E-state index in [0.29, 0.717) is 5.02 Å². The Morgan fingerprint density at radius 3 is 2.43 bits per heavy atom. The van der Waals surface area contributed by atoms with E-state index in [9.17, 15) is 0 Å². The van der Waals surface area contributed by atoms with E-state index in [-0.39, 0.29) is 6.04 Å². The van der Waals surface area contributed by atoms with Gasteiger partial charge in [-0.2, -0.15) is 5.10 Å². The van der Waals surface area contributed by atoms with Crippen LogP contribution in [0.4, 0.5) is 0 Å². The Kier molecular flexibility index (Phi) is 5.04. The van der Waals surface area contributed by atoms with Gasteiger partial charge in [0.1, 0.15) is 0 Å². The van der Waals surface area contributed by atoms with Crippen LogP contribution < -0.4 is 11.3 Å². The molecule has 0 aliphatic carbocycles. The van der Waals surface area contributed by atoms with Crippen LogP contribution in [0.5, 0.6) is 0 Å². The lowest BCUT2D eigenvalue weighted by Gasteiger charge is -2.23. The molecule has 0 aliphatic rings. The van der Waals surface area contributed by atoms with Crippen molar-refractivity contribution in [2.75, 3.05) is 0 Å². The molecule has 3 N–H and O–H groups in total. The number of hydrogen-bond acceptors (Lipinski definition) is 3. The Morgan fingerprint density at radius 2 is 1.90 bits per heavy atom. The molecule has 1 aromatic carbocycles. The first-order chi connectivity index (χ1) is 9.99. The van der Waals surface area contributed by atoms with Crippen LogP contribution >= 0.6 is 11.6 Å². The number of aromatic nitrogens is 2. The molecule has 4 nitrogen and oxygen atoms in total. The van der Waals surface area contributed by atoms with Gasteiger partial charge in [-0.25, -0.2) is 5.43 Å². The maximum atomic E-state index is 6.36. The molecule has 0 saturated heterocycles. The van der Waals surface area contributed by atoms with Crippen molar-refractivity contribution in [1.82, 2.24) is 15.2 Å². The molecule has 0 fully saturated rings. The molecule has 5 heteroatoms. The van der Waals surface area contributed by atoms with Crippen LogP contribution in [0.1, 0.15) is 47.3 Å². The highest BCUT2D eigenvalue weighted by molar-refractivity contribution is 6.31. The maximum Gasteiger partial charge on any atom is 0.0898 e. The third kappa shape index (κ3) is 3.12. The minimum atomic E-state index is -0.160. The molecule has 0 aliphatic heterocycles. The van der Waals surface area contributed by atoms with Gasteiger partial charge in [0.15, 0.2) is 0 Å². The van der Waals surface area contributed by atoms with E-state index in [1.165, 1.54) is 22.3 Å². The highest BCUT2D eigenvalue weighted by Gasteiger charge is 2.24. The maximum absolute atomic E-state index is 6.36. The Labute approximate surface area is 131 Å². The molecule has 0 radical (unpaired) electrons. The Morgan fingerprint density at radius 1 is 1.29 bits per heavy atom. The van der Waals surface area contributed by atoms with Crippen molar-refractivity contribution in [3.8, 4) is 0 Å². The van der Waals surface area contributed by atoms with Gasteiger partial charge in [-0.3, -0.25) is 10.5 Å². The topological polar surface area (TPSA) is 55.9 Å². The van der Waals surface area contributed by atoms with Crippen molar-refractivity contribution < 1.29 is 0 Å². The van der Waals surface area contributed by atoms with Gasteiger partial charge in [0, 0.05) is 6.54 Å². The number of rotatable bonds is 5. The molecule has 0 spiro atoms. The number of halogens is 1. The first-order valence-corrected chi connectivity index (χ1v) is 7.62. The second-order valence-corrected chi connectivity index (χ2v) is 5.92. The quantitative estimate of drug-likeness (QED) is 0.657. The van der Waals surface area contributed by atoms with Crippen LogP contribution in [-0.2, 0) is 6.54 Å². The summed E-state index contributed by atoms with van der Waals surface area (Å²) in [4.78, 5) is 0. The van der Waals surface area contributed by atoms with Gasteiger partial charge in [-0.1, -0.05) is 36.2 Å². The molecule has 1 atom stereocenters. The summed E-state index contributed by atoms with van der Waals surface area (Å²) < 4.78 is 1.94. The summed E-state index contributed by atoms with van der Waals surface area (Å²) >= 11 is 6.36. The minimum Gasteiger partial charge on any atom is -0.271 e. The summed E-state index contributed by atoms with van der Waals surface area (Å²) in [6, 6.07) is 4.18. The van der Waals surface area contributed by atoms with E-state index in [0.717, 1.165) is 18.7 Å². The highest BCUT2D eigenvalue weighted by atomic mass is 35.5. The van der Waals surface area contributed by atoms with Crippen molar-refractivity contribution in [1.29, 1.82) is 0 Å². The van der Waals surface area contributed by atoms with Crippen molar-refractivity contribution >= 4 is 11.6 Å². The zero-order chi connectivity index (χ0) is 15.6. The molecule has 1 heterocycles. The summed E-state index contributed by atoms with van der Waals surface area (Å²) in [5, 5.41) is 5.01. The third-order valence-corrected chi connectivity index (χ3v) is 4.03. The van der Waals surface area contributed by atoms with Crippen molar-refractivity contribution in [3.63, 3.8) is 0 Å². The van der Waals surface area contributed by atoms with Gasteiger partial charge < -0.3 is 0 Å². The summed E-state index contributed by atoms with van der Waals surface area (Å²) in [5.41, 5.74) is 8.67.